The maximum absolute atomic E-state index is 13.2. The molecule has 7 nitrogen and oxygen atoms in total. The van der Waals surface area contributed by atoms with E-state index in [4.69, 9.17) is 9.47 Å². The van der Waals surface area contributed by atoms with Crippen molar-refractivity contribution in [2.24, 2.45) is 0 Å². The Hall–Kier alpha value is -2.74. The number of likely N-dealkylation sites (N-methyl/N-ethyl adjacent to an activating group) is 1. The average molecular weight is 376 g/mol. The highest BCUT2D eigenvalue weighted by molar-refractivity contribution is 7.92. The summed E-state index contributed by atoms with van der Waals surface area (Å²) >= 11 is 0. The van der Waals surface area contributed by atoms with Gasteiger partial charge in [-0.25, -0.2) is 8.42 Å². The molecular weight excluding hydrogens is 356 g/mol. The van der Waals surface area contributed by atoms with Gasteiger partial charge in [0.15, 0.2) is 11.5 Å². The predicted molar refractivity (Wildman–Crippen MR) is 97.1 cm³/mol. The highest BCUT2D eigenvalue weighted by atomic mass is 32.2. The number of para-hydroxylation sites is 1. The van der Waals surface area contributed by atoms with Crippen LogP contribution in [0.3, 0.4) is 0 Å². The monoisotopic (exact) mass is 376 g/mol. The van der Waals surface area contributed by atoms with E-state index < -0.39 is 10.0 Å². The fourth-order valence-corrected chi connectivity index (χ4v) is 3.92. The van der Waals surface area contributed by atoms with E-state index >= 15 is 0 Å². The fourth-order valence-electron chi connectivity index (χ4n) is 2.48. The number of carbonyl (C=O) groups excluding carboxylic acids is 1. The van der Waals surface area contributed by atoms with Crippen molar-refractivity contribution in [2.45, 2.75) is 4.90 Å². The van der Waals surface area contributed by atoms with Crippen molar-refractivity contribution in [3.63, 3.8) is 0 Å². The Morgan fingerprint density at radius 1 is 1.00 bits per heavy atom. The summed E-state index contributed by atoms with van der Waals surface area (Å²) in [7, 11) is -0.795. The zero-order valence-electron chi connectivity index (χ0n) is 14.6. The standard InChI is InChI=1S/C18H20N2O5S/c1-19(2)18(21)13-20(14-6-4-3-5-7-14)26(22,23)15-8-9-16-17(12-15)25-11-10-24-16/h3-9,12H,10-11,13H2,1-2H3. The minimum atomic E-state index is -3.97. The van der Waals surface area contributed by atoms with Crippen LogP contribution in [0.15, 0.2) is 53.4 Å². The number of amides is 1. The second-order valence-electron chi connectivity index (χ2n) is 5.94. The summed E-state index contributed by atoms with van der Waals surface area (Å²) in [6, 6.07) is 13.0. The van der Waals surface area contributed by atoms with Gasteiger partial charge in [-0.1, -0.05) is 18.2 Å². The molecule has 0 fully saturated rings. The molecule has 8 heteroatoms. The highest BCUT2D eigenvalue weighted by Gasteiger charge is 2.29. The third kappa shape index (κ3) is 3.60. The number of nitrogens with zero attached hydrogens (tertiary/aromatic N) is 2. The number of benzene rings is 2. The van der Waals surface area contributed by atoms with E-state index in [2.05, 4.69) is 0 Å². The van der Waals surface area contributed by atoms with Gasteiger partial charge in [0.05, 0.1) is 10.6 Å². The van der Waals surface area contributed by atoms with E-state index in [1.54, 1.807) is 50.5 Å². The van der Waals surface area contributed by atoms with Crippen molar-refractivity contribution >= 4 is 21.6 Å². The number of carbonyl (C=O) groups is 1. The number of anilines is 1. The van der Waals surface area contributed by atoms with Gasteiger partial charge in [-0.15, -0.1) is 0 Å². The number of hydrogen-bond acceptors (Lipinski definition) is 5. The van der Waals surface area contributed by atoms with Crippen LogP contribution in [0.5, 0.6) is 11.5 Å². The lowest BCUT2D eigenvalue weighted by Crippen LogP contribution is -2.40. The first-order valence-electron chi connectivity index (χ1n) is 8.07. The van der Waals surface area contributed by atoms with Crippen molar-refractivity contribution in [2.75, 3.05) is 38.2 Å². The number of sulfonamides is 1. The molecule has 0 atom stereocenters. The van der Waals surface area contributed by atoms with Crippen LogP contribution in [0.2, 0.25) is 0 Å². The third-order valence-corrected chi connectivity index (χ3v) is 5.69. The van der Waals surface area contributed by atoms with Crippen LogP contribution in [0, 0.1) is 0 Å². The molecule has 1 aliphatic heterocycles. The zero-order chi connectivity index (χ0) is 18.7. The Labute approximate surface area is 152 Å². The van der Waals surface area contributed by atoms with Crippen LogP contribution < -0.4 is 13.8 Å². The summed E-state index contributed by atoms with van der Waals surface area (Å²) in [5.41, 5.74) is 0.414. The molecule has 26 heavy (non-hydrogen) atoms. The van der Waals surface area contributed by atoms with Gasteiger partial charge in [0.1, 0.15) is 19.8 Å². The predicted octanol–water partition coefficient (Wildman–Crippen LogP) is 1.74. The van der Waals surface area contributed by atoms with Crippen molar-refractivity contribution in [1.82, 2.24) is 4.90 Å². The van der Waals surface area contributed by atoms with Crippen LogP contribution in [0.1, 0.15) is 0 Å². The molecule has 2 aromatic carbocycles. The lowest BCUT2D eigenvalue weighted by atomic mass is 10.3. The third-order valence-electron chi connectivity index (χ3n) is 3.92. The molecule has 0 saturated carbocycles. The minimum absolute atomic E-state index is 0.0390. The second kappa shape index (κ2) is 7.25. The number of hydrogen-bond donors (Lipinski definition) is 0. The molecule has 0 unspecified atom stereocenters. The Morgan fingerprint density at radius 3 is 2.31 bits per heavy atom. The van der Waals surface area contributed by atoms with Gasteiger partial charge in [-0.05, 0) is 24.3 Å². The van der Waals surface area contributed by atoms with Crippen molar-refractivity contribution in [1.29, 1.82) is 0 Å². The lowest BCUT2D eigenvalue weighted by molar-refractivity contribution is -0.127. The Balaban J connectivity index is 2.03. The summed E-state index contributed by atoms with van der Waals surface area (Å²) in [5.74, 6) is 0.560. The smallest absolute Gasteiger partial charge is 0.264 e. The van der Waals surface area contributed by atoms with E-state index in [0.29, 0.717) is 30.4 Å². The number of ether oxygens (including phenoxy) is 2. The second-order valence-corrected chi connectivity index (χ2v) is 7.80. The van der Waals surface area contributed by atoms with Gasteiger partial charge in [0.25, 0.3) is 10.0 Å². The van der Waals surface area contributed by atoms with Gasteiger partial charge in [0.2, 0.25) is 5.91 Å². The number of fused-ring (bicyclic) bond motifs is 1. The first-order chi connectivity index (χ1) is 12.4. The van der Waals surface area contributed by atoms with Crippen LogP contribution in [-0.2, 0) is 14.8 Å². The summed E-state index contributed by atoms with van der Waals surface area (Å²) < 4.78 is 38.5. The minimum Gasteiger partial charge on any atom is -0.486 e. The molecule has 138 valence electrons. The SMILES string of the molecule is CN(C)C(=O)CN(c1ccccc1)S(=O)(=O)c1ccc2c(c1)OCCO2. The molecule has 0 bridgehead atoms. The van der Waals surface area contributed by atoms with Crippen molar-refractivity contribution in [3.8, 4) is 11.5 Å². The largest absolute Gasteiger partial charge is 0.486 e. The molecule has 2 aromatic rings. The van der Waals surface area contributed by atoms with E-state index in [9.17, 15) is 13.2 Å². The molecule has 1 heterocycles. The van der Waals surface area contributed by atoms with E-state index in [1.165, 1.54) is 17.0 Å². The van der Waals surface area contributed by atoms with Gasteiger partial charge in [-0.3, -0.25) is 9.10 Å². The highest BCUT2D eigenvalue weighted by Crippen LogP contribution is 2.34. The molecule has 1 amide bonds. The molecule has 0 spiro atoms. The summed E-state index contributed by atoms with van der Waals surface area (Å²) in [6.45, 7) is 0.485. The molecule has 0 radical (unpaired) electrons. The van der Waals surface area contributed by atoms with Crippen LogP contribution in [0.4, 0.5) is 5.69 Å². The van der Waals surface area contributed by atoms with Gasteiger partial charge in [-0.2, -0.15) is 0 Å². The molecule has 3 rings (SSSR count). The van der Waals surface area contributed by atoms with Gasteiger partial charge in [0, 0.05) is 20.2 Å². The first kappa shape index (κ1) is 18.1. The van der Waals surface area contributed by atoms with E-state index in [0.717, 1.165) is 4.31 Å². The lowest BCUT2D eigenvalue weighted by Gasteiger charge is -2.26. The van der Waals surface area contributed by atoms with Crippen LogP contribution in [-0.4, -0.2) is 53.1 Å². The molecule has 0 aliphatic carbocycles. The average Bonchev–Trinajstić information content (AvgIpc) is 2.65. The first-order valence-corrected chi connectivity index (χ1v) is 9.51. The maximum Gasteiger partial charge on any atom is 0.264 e. The number of rotatable bonds is 5. The summed E-state index contributed by atoms with van der Waals surface area (Å²) in [4.78, 5) is 13.6. The Kier molecular flexibility index (Phi) is 5.03. The maximum atomic E-state index is 13.2. The van der Waals surface area contributed by atoms with Crippen LogP contribution in [0.25, 0.3) is 0 Å². The quantitative estimate of drug-likeness (QED) is 0.795. The zero-order valence-corrected chi connectivity index (χ0v) is 15.4. The van der Waals surface area contributed by atoms with Crippen molar-refractivity contribution < 1.29 is 22.7 Å². The molecule has 0 N–H and O–H groups in total. The summed E-state index contributed by atoms with van der Waals surface area (Å²) in [5, 5.41) is 0. The topological polar surface area (TPSA) is 76.2 Å². The normalized spacial score (nSPS) is 13.2. The molecule has 0 saturated heterocycles. The molecular formula is C18H20N2O5S. The van der Waals surface area contributed by atoms with Crippen LogP contribution >= 0.6 is 0 Å². The fraction of sp³-hybridized carbons (Fsp3) is 0.278. The Bertz CT molecular complexity index is 897. The molecule has 0 aromatic heterocycles. The van der Waals surface area contributed by atoms with E-state index in [-0.39, 0.29) is 17.3 Å². The molecule has 1 aliphatic rings. The van der Waals surface area contributed by atoms with Crippen molar-refractivity contribution in [3.05, 3.63) is 48.5 Å². The Morgan fingerprint density at radius 2 is 1.65 bits per heavy atom. The summed E-state index contributed by atoms with van der Waals surface area (Å²) in [6.07, 6.45) is 0. The van der Waals surface area contributed by atoms with E-state index in [1.807, 2.05) is 0 Å². The van der Waals surface area contributed by atoms with Gasteiger partial charge < -0.3 is 14.4 Å². The van der Waals surface area contributed by atoms with Gasteiger partial charge >= 0.3 is 0 Å².